The van der Waals surface area contributed by atoms with E-state index in [0.29, 0.717) is 0 Å². The minimum atomic E-state index is 0.747. The Hall–Kier alpha value is -3.64. The number of nitrogens with zero attached hydrogens (tertiary/aromatic N) is 3. The van der Waals surface area contributed by atoms with Crippen LogP contribution in [0.25, 0.3) is 49.0 Å². The topological polar surface area (TPSA) is 32.1 Å². The van der Waals surface area contributed by atoms with Gasteiger partial charge in [-0.1, -0.05) is 17.7 Å². The van der Waals surface area contributed by atoms with Crippen LogP contribution in [0.3, 0.4) is 0 Å². The summed E-state index contributed by atoms with van der Waals surface area (Å²) in [5, 5.41) is 15.9. The van der Waals surface area contributed by atoms with Crippen molar-refractivity contribution < 1.29 is 4.57 Å². The Morgan fingerprint density at radius 3 is 2.43 bits per heavy atom. The second kappa shape index (κ2) is 5.49. The molecule has 30 heavy (non-hydrogen) atoms. The van der Waals surface area contributed by atoms with Gasteiger partial charge in [0, 0.05) is 16.8 Å². The molecule has 3 heterocycles. The number of hydrogen-bond acceptors (Lipinski definition) is 1. The predicted octanol–water partition coefficient (Wildman–Crippen LogP) is 5.92. The van der Waals surface area contributed by atoms with Gasteiger partial charge in [0.05, 0.1) is 39.0 Å². The van der Waals surface area contributed by atoms with Crippen LogP contribution in [-0.4, -0.2) is 4.40 Å². The van der Waals surface area contributed by atoms with Crippen molar-refractivity contribution in [3.8, 4) is 6.07 Å². The lowest BCUT2D eigenvalue weighted by Gasteiger charge is -2.16. The summed E-state index contributed by atoms with van der Waals surface area (Å²) in [7, 11) is 2.13. The van der Waals surface area contributed by atoms with Gasteiger partial charge >= 0.3 is 0 Å². The molecule has 144 valence electrons. The monoisotopic (exact) mass is 388 g/mol. The van der Waals surface area contributed by atoms with E-state index in [1.54, 1.807) is 0 Å². The zero-order chi connectivity index (χ0) is 20.9. The molecular weight excluding hydrogens is 366 g/mol. The highest BCUT2D eigenvalue weighted by Crippen LogP contribution is 2.43. The van der Waals surface area contributed by atoms with Crippen LogP contribution in [0.1, 0.15) is 27.8 Å². The summed E-state index contributed by atoms with van der Waals surface area (Å²) in [5.41, 5.74) is 10.7. The van der Waals surface area contributed by atoms with E-state index >= 15 is 0 Å². The molecule has 0 amide bonds. The predicted molar refractivity (Wildman–Crippen MR) is 123 cm³/mol. The lowest BCUT2D eigenvalue weighted by Crippen LogP contribution is -2.29. The highest BCUT2D eigenvalue weighted by molar-refractivity contribution is 6.28. The maximum absolute atomic E-state index is 10.0. The van der Waals surface area contributed by atoms with E-state index in [1.807, 2.05) is 0 Å². The van der Waals surface area contributed by atoms with Crippen molar-refractivity contribution in [2.24, 2.45) is 7.05 Å². The Morgan fingerprint density at radius 2 is 1.67 bits per heavy atom. The number of fused-ring (bicyclic) bond motifs is 6. The summed E-state index contributed by atoms with van der Waals surface area (Å²) in [6.45, 7) is 8.75. The zero-order valence-corrected chi connectivity index (χ0v) is 17.9. The zero-order valence-electron chi connectivity index (χ0n) is 17.9. The summed E-state index contributed by atoms with van der Waals surface area (Å²) in [6, 6.07) is 15.6. The van der Waals surface area contributed by atoms with Gasteiger partial charge in [-0.15, -0.1) is 0 Å². The third kappa shape index (κ3) is 1.87. The molecule has 0 atom stereocenters. The molecule has 0 spiro atoms. The van der Waals surface area contributed by atoms with Gasteiger partial charge < -0.3 is 4.40 Å². The molecule has 0 aliphatic heterocycles. The van der Waals surface area contributed by atoms with E-state index in [9.17, 15) is 5.26 Å². The molecule has 6 aromatic rings. The van der Waals surface area contributed by atoms with Crippen LogP contribution in [0.15, 0.2) is 42.6 Å². The van der Waals surface area contributed by atoms with Crippen molar-refractivity contribution in [3.63, 3.8) is 0 Å². The van der Waals surface area contributed by atoms with E-state index in [1.165, 1.54) is 49.6 Å². The molecule has 0 N–H and O–H groups in total. The van der Waals surface area contributed by atoms with Gasteiger partial charge in [0.1, 0.15) is 7.05 Å². The number of benzene rings is 3. The SMILES string of the molecule is Cc1ccc2c(c1)c1c(C#N)cc3cc[n+](C)c4c5c(C)c(C)cc(C)c5n2c1c34. The van der Waals surface area contributed by atoms with Crippen LogP contribution in [0, 0.1) is 39.0 Å². The number of rotatable bonds is 0. The molecule has 3 nitrogen and oxygen atoms in total. The first kappa shape index (κ1) is 17.2. The Bertz CT molecular complexity index is 1740. The first-order valence-corrected chi connectivity index (χ1v) is 10.3. The van der Waals surface area contributed by atoms with Gasteiger partial charge in [-0.3, -0.25) is 0 Å². The quantitative estimate of drug-likeness (QED) is 0.181. The van der Waals surface area contributed by atoms with Gasteiger partial charge in [0.25, 0.3) is 0 Å². The van der Waals surface area contributed by atoms with Gasteiger partial charge in [-0.25, -0.2) is 4.57 Å². The fourth-order valence-corrected chi connectivity index (χ4v) is 5.45. The number of aryl methyl sites for hydroxylation is 5. The standard InChI is InChI=1S/C27H22N3/c1-14-6-7-21-20(10-14)23-19(13-28)12-18-8-9-29(5)26-22-17(4)15(2)11-16(3)25(22)30(21)27(23)24(18)26/h6-12H,1-5H3/q+1. The Labute approximate surface area is 174 Å². The summed E-state index contributed by atoms with van der Waals surface area (Å²) in [4.78, 5) is 0. The summed E-state index contributed by atoms with van der Waals surface area (Å²) >= 11 is 0. The normalized spacial score (nSPS) is 12.1. The molecule has 0 saturated heterocycles. The molecule has 0 bridgehead atoms. The van der Waals surface area contributed by atoms with E-state index in [-0.39, 0.29) is 0 Å². The van der Waals surface area contributed by atoms with Crippen LogP contribution in [0.4, 0.5) is 0 Å². The molecule has 0 saturated carbocycles. The Kier molecular flexibility index (Phi) is 3.15. The molecular formula is C27H22N3+. The van der Waals surface area contributed by atoms with Crippen LogP contribution >= 0.6 is 0 Å². The van der Waals surface area contributed by atoms with Crippen molar-refractivity contribution in [1.82, 2.24) is 4.40 Å². The summed E-state index contributed by atoms with van der Waals surface area (Å²) in [6.07, 6.45) is 2.12. The molecule has 3 aromatic heterocycles. The van der Waals surface area contributed by atoms with Crippen molar-refractivity contribution in [3.05, 3.63) is 70.4 Å². The van der Waals surface area contributed by atoms with E-state index in [4.69, 9.17) is 0 Å². The van der Waals surface area contributed by atoms with Crippen LogP contribution in [-0.2, 0) is 7.05 Å². The maximum Gasteiger partial charge on any atom is 0.224 e. The average molecular weight is 388 g/mol. The van der Waals surface area contributed by atoms with Gasteiger partial charge in [0.15, 0.2) is 6.20 Å². The molecule has 0 fully saturated rings. The second-order valence-corrected chi connectivity index (χ2v) is 8.71. The first-order chi connectivity index (χ1) is 14.4. The van der Waals surface area contributed by atoms with Gasteiger partial charge in [0.2, 0.25) is 5.52 Å². The highest BCUT2D eigenvalue weighted by Gasteiger charge is 2.26. The summed E-state index contributed by atoms with van der Waals surface area (Å²) in [5.74, 6) is 0. The van der Waals surface area contributed by atoms with Crippen LogP contribution < -0.4 is 4.57 Å². The Morgan fingerprint density at radius 1 is 0.867 bits per heavy atom. The molecule has 3 heteroatoms. The first-order valence-electron chi connectivity index (χ1n) is 10.3. The Balaban J connectivity index is 2.18. The molecule has 3 aromatic carbocycles. The molecule has 6 rings (SSSR count). The van der Waals surface area contributed by atoms with Crippen molar-refractivity contribution in [1.29, 1.82) is 5.26 Å². The fourth-order valence-electron chi connectivity index (χ4n) is 5.45. The van der Waals surface area contributed by atoms with Crippen molar-refractivity contribution >= 4 is 49.0 Å². The third-order valence-electron chi connectivity index (χ3n) is 6.88. The lowest BCUT2D eigenvalue weighted by atomic mass is 9.94. The second-order valence-electron chi connectivity index (χ2n) is 8.71. The largest absolute Gasteiger partial charge is 0.307 e. The average Bonchev–Trinajstić information content (AvgIpc) is 3.06. The number of pyridine rings is 2. The molecule has 0 aliphatic carbocycles. The van der Waals surface area contributed by atoms with Gasteiger partial charge in [-0.05, 0) is 68.0 Å². The van der Waals surface area contributed by atoms with E-state index < -0.39 is 0 Å². The number of nitriles is 1. The number of aromatic nitrogens is 2. The van der Waals surface area contributed by atoms with E-state index in [2.05, 4.69) is 92.4 Å². The maximum atomic E-state index is 10.0. The molecule has 0 radical (unpaired) electrons. The minimum Gasteiger partial charge on any atom is -0.307 e. The summed E-state index contributed by atoms with van der Waals surface area (Å²) < 4.78 is 4.66. The van der Waals surface area contributed by atoms with Gasteiger partial charge in [-0.2, -0.15) is 5.26 Å². The van der Waals surface area contributed by atoms with Crippen LogP contribution in [0.5, 0.6) is 0 Å². The van der Waals surface area contributed by atoms with Crippen LogP contribution in [0.2, 0.25) is 0 Å². The minimum absolute atomic E-state index is 0.747. The highest BCUT2D eigenvalue weighted by atomic mass is 15.0. The fraction of sp³-hybridized carbons (Fsp3) is 0.185. The third-order valence-corrected chi connectivity index (χ3v) is 6.88. The molecule has 0 unspecified atom stereocenters. The lowest BCUT2D eigenvalue weighted by molar-refractivity contribution is -0.643. The van der Waals surface area contributed by atoms with Crippen molar-refractivity contribution in [2.75, 3.05) is 0 Å². The smallest absolute Gasteiger partial charge is 0.224 e. The van der Waals surface area contributed by atoms with Crippen molar-refractivity contribution in [2.45, 2.75) is 27.7 Å². The number of hydrogen-bond donors (Lipinski definition) is 0. The molecule has 0 aliphatic rings. The van der Waals surface area contributed by atoms with E-state index in [0.717, 1.165) is 27.2 Å².